The zero-order valence-corrected chi connectivity index (χ0v) is 8.62. The average Bonchev–Trinajstić information content (AvgIpc) is 2.26. The highest BCUT2D eigenvalue weighted by atomic mass is 16.1. The third-order valence-electron chi connectivity index (χ3n) is 2.70. The van der Waals surface area contributed by atoms with Crippen LogP contribution in [0.1, 0.15) is 19.3 Å². The van der Waals surface area contributed by atoms with E-state index in [1.54, 1.807) is 7.05 Å². The van der Waals surface area contributed by atoms with Crippen LogP contribution in [0.15, 0.2) is 0 Å². The van der Waals surface area contributed by atoms with E-state index in [9.17, 15) is 4.79 Å². The molecule has 0 aromatic rings. The minimum atomic E-state index is 0.0902. The molecule has 1 aliphatic rings. The zero-order valence-electron chi connectivity index (χ0n) is 8.62. The summed E-state index contributed by atoms with van der Waals surface area (Å²) in [5, 5.41) is 11.3. The van der Waals surface area contributed by atoms with Crippen molar-refractivity contribution in [2.75, 3.05) is 26.7 Å². The van der Waals surface area contributed by atoms with Crippen molar-refractivity contribution in [1.29, 1.82) is 5.26 Å². The van der Waals surface area contributed by atoms with Crippen molar-refractivity contribution in [1.82, 2.24) is 10.2 Å². The Balaban J connectivity index is 2.17. The second-order valence-electron chi connectivity index (χ2n) is 3.67. The minimum Gasteiger partial charge on any atom is -0.359 e. The molecule has 0 saturated carbocycles. The van der Waals surface area contributed by atoms with E-state index in [1.807, 2.05) is 0 Å². The minimum absolute atomic E-state index is 0.0902. The predicted molar refractivity (Wildman–Crippen MR) is 53.5 cm³/mol. The maximum atomic E-state index is 11.0. The molecule has 0 aromatic heterocycles. The van der Waals surface area contributed by atoms with Gasteiger partial charge in [0.1, 0.15) is 0 Å². The summed E-state index contributed by atoms with van der Waals surface area (Å²) in [5.41, 5.74) is 0. The molecule has 1 saturated heterocycles. The van der Waals surface area contributed by atoms with E-state index in [-0.39, 0.29) is 11.8 Å². The summed E-state index contributed by atoms with van der Waals surface area (Å²) in [6.45, 7) is 2.72. The van der Waals surface area contributed by atoms with E-state index in [2.05, 4.69) is 16.3 Å². The van der Waals surface area contributed by atoms with Crippen LogP contribution in [0.5, 0.6) is 0 Å². The van der Waals surface area contributed by atoms with E-state index >= 15 is 0 Å². The van der Waals surface area contributed by atoms with Crippen LogP contribution in [-0.4, -0.2) is 37.5 Å². The van der Waals surface area contributed by atoms with Gasteiger partial charge in [-0.2, -0.15) is 5.26 Å². The zero-order chi connectivity index (χ0) is 10.4. The SMILES string of the molecule is CNC(=O)CCN1CCC(C#N)CC1. The molecule has 0 radical (unpaired) electrons. The highest BCUT2D eigenvalue weighted by molar-refractivity contribution is 5.75. The average molecular weight is 195 g/mol. The van der Waals surface area contributed by atoms with E-state index in [1.165, 1.54) is 0 Å². The quantitative estimate of drug-likeness (QED) is 0.707. The first-order valence-electron chi connectivity index (χ1n) is 5.09. The standard InChI is InChI=1S/C10H17N3O/c1-12-10(14)4-7-13-5-2-9(8-11)3-6-13/h9H,2-7H2,1H3,(H,12,14). The van der Waals surface area contributed by atoms with Crippen LogP contribution in [0.4, 0.5) is 0 Å². The normalized spacial score (nSPS) is 18.9. The molecular formula is C10H17N3O. The summed E-state index contributed by atoms with van der Waals surface area (Å²) in [4.78, 5) is 13.2. The van der Waals surface area contributed by atoms with Gasteiger partial charge in [0.2, 0.25) is 5.91 Å². The van der Waals surface area contributed by atoms with Crippen LogP contribution in [0, 0.1) is 17.2 Å². The van der Waals surface area contributed by atoms with Gasteiger partial charge in [0, 0.05) is 25.9 Å². The highest BCUT2D eigenvalue weighted by Gasteiger charge is 2.18. The van der Waals surface area contributed by atoms with Gasteiger partial charge < -0.3 is 10.2 Å². The molecule has 1 N–H and O–H groups in total. The summed E-state index contributed by atoms with van der Waals surface area (Å²) in [5.74, 6) is 0.318. The molecule has 0 aromatic carbocycles. The summed E-state index contributed by atoms with van der Waals surface area (Å²) < 4.78 is 0. The maximum Gasteiger partial charge on any atom is 0.221 e. The third-order valence-corrected chi connectivity index (χ3v) is 2.70. The van der Waals surface area contributed by atoms with Gasteiger partial charge in [-0.15, -0.1) is 0 Å². The van der Waals surface area contributed by atoms with Crippen molar-refractivity contribution in [3.8, 4) is 6.07 Å². The lowest BCUT2D eigenvalue weighted by molar-refractivity contribution is -0.121. The van der Waals surface area contributed by atoms with Gasteiger partial charge in [-0.05, 0) is 25.9 Å². The van der Waals surface area contributed by atoms with Crippen LogP contribution in [0.25, 0.3) is 0 Å². The molecule has 4 heteroatoms. The number of nitriles is 1. The van der Waals surface area contributed by atoms with Crippen LogP contribution < -0.4 is 5.32 Å². The van der Waals surface area contributed by atoms with Crippen LogP contribution in [-0.2, 0) is 4.79 Å². The number of nitrogens with one attached hydrogen (secondary N) is 1. The molecular weight excluding hydrogens is 178 g/mol. The largest absolute Gasteiger partial charge is 0.359 e. The van der Waals surface area contributed by atoms with Gasteiger partial charge in [-0.25, -0.2) is 0 Å². The van der Waals surface area contributed by atoms with Gasteiger partial charge in [0.05, 0.1) is 6.07 Å². The van der Waals surface area contributed by atoms with E-state index < -0.39 is 0 Å². The van der Waals surface area contributed by atoms with Crippen molar-refractivity contribution < 1.29 is 4.79 Å². The molecule has 1 amide bonds. The molecule has 0 unspecified atom stereocenters. The maximum absolute atomic E-state index is 11.0. The Labute approximate surface area is 84.9 Å². The highest BCUT2D eigenvalue weighted by Crippen LogP contribution is 2.15. The van der Waals surface area contributed by atoms with Gasteiger partial charge >= 0.3 is 0 Å². The van der Waals surface area contributed by atoms with Crippen molar-refractivity contribution in [3.05, 3.63) is 0 Å². The monoisotopic (exact) mass is 195 g/mol. The lowest BCUT2D eigenvalue weighted by atomic mass is 9.98. The molecule has 1 rings (SSSR count). The Kier molecular flexibility index (Phi) is 4.41. The molecule has 0 aliphatic carbocycles. The number of amides is 1. The number of carbonyl (C=O) groups excluding carboxylic acids is 1. The van der Waals surface area contributed by atoms with Gasteiger partial charge in [-0.1, -0.05) is 0 Å². The number of hydrogen-bond donors (Lipinski definition) is 1. The van der Waals surface area contributed by atoms with E-state index in [4.69, 9.17) is 5.26 Å². The first kappa shape index (κ1) is 11.0. The number of carbonyl (C=O) groups is 1. The Hall–Kier alpha value is -1.08. The molecule has 1 fully saturated rings. The molecule has 78 valence electrons. The molecule has 0 spiro atoms. The van der Waals surface area contributed by atoms with Gasteiger partial charge in [0.25, 0.3) is 0 Å². The topological polar surface area (TPSA) is 56.1 Å². The Bertz CT molecular complexity index is 226. The smallest absolute Gasteiger partial charge is 0.221 e. The molecule has 14 heavy (non-hydrogen) atoms. The summed E-state index contributed by atoms with van der Waals surface area (Å²) in [7, 11) is 1.66. The molecule has 4 nitrogen and oxygen atoms in total. The summed E-state index contributed by atoms with van der Waals surface area (Å²) in [6.07, 6.45) is 2.46. The van der Waals surface area contributed by atoms with E-state index in [0.717, 1.165) is 32.5 Å². The van der Waals surface area contributed by atoms with Crippen molar-refractivity contribution in [3.63, 3.8) is 0 Å². The van der Waals surface area contributed by atoms with E-state index in [0.29, 0.717) is 6.42 Å². The first-order chi connectivity index (χ1) is 6.76. The van der Waals surface area contributed by atoms with Crippen LogP contribution >= 0.6 is 0 Å². The number of hydrogen-bond acceptors (Lipinski definition) is 3. The van der Waals surface area contributed by atoms with Crippen molar-refractivity contribution in [2.45, 2.75) is 19.3 Å². The molecule has 0 atom stereocenters. The van der Waals surface area contributed by atoms with Crippen LogP contribution in [0.2, 0.25) is 0 Å². The molecule has 0 bridgehead atoms. The number of nitrogens with zero attached hydrogens (tertiary/aromatic N) is 2. The van der Waals surface area contributed by atoms with Crippen molar-refractivity contribution >= 4 is 5.91 Å². The third kappa shape index (κ3) is 3.35. The summed E-state index contributed by atoms with van der Waals surface area (Å²) in [6, 6.07) is 2.29. The second-order valence-corrected chi connectivity index (χ2v) is 3.67. The van der Waals surface area contributed by atoms with Crippen molar-refractivity contribution in [2.24, 2.45) is 5.92 Å². The lowest BCUT2D eigenvalue weighted by Crippen LogP contribution is -2.36. The van der Waals surface area contributed by atoms with Gasteiger partial charge in [-0.3, -0.25) is 4.79 Å². The Morgan fingerprint density at radius 3 is 2.71 bits per heavy atom. The van der Waals surface area contributed by atoms with Gasteiger partial charge in [0.15, 0.2) is 0 Å². The fourth-order valence-electron chi connectivity index (χ4n) is 1.67. The second kappa shape index (κ2) is 5.61. The van der Waals surface area contributed by atoms with Crippen LogP contribution in [0.3, 0.4) is 0 Å². The number of rotatable bonds is 3. The lowest BCUT2D eigenvalue weighted by Gasteiger charge is -2.28. The predicted octanol–water partition coefficient (Wildman–Crippen LogP) is 0.358. The number of piperidine rings is 1. The summed E-state index contributed by atoms with van der Waals surface area (Å²) >= 11 is 0. The molecule has 1 aliphatic heterocycles. The fourth-order valence-corrected chi connectivity index (χ4v) is 1.67. The number of likely N-dealkylation sites (tertiary alicyclic amines) is 1. The fraction of sp³-hybridized carbons (Fsp3) is 0.800. The Morgan fingerprint density at radius 1 is 1.57 bits per heavy atom. The molecule has 1 heterocycles. The first-order valence-corrected chi connectivity index (χ1v) is 5.09. The Morgan fingerprint density at radius 2 is 2.21 bits per heavy atom.